The van der Waals surface area contributed by atoms with Crippen LogP contribution in [0.2, 0.25) is 0 Å². The average molecular weight is 329 g/mol. The first kappa shape index (κ1) is 14.5. The molecule has 1 heterocycles. The zero-order chi connectivity index (χ0) is 13.1. The highest BCUT2D eigenvalue weighted by Gasteiger charge is 2.30. The lowest BCUT2D eigenvalue weighted by atomic mass is 10.6. The Hall–Kier alpha value is -0.550. The van der Waals surface area contributed by atoms with Gasteiger partial charge < -0.3 is 10.2 Å². The lowest BCUT2D eigenvalue weighted by Crippen LogP contribution is -2.37. The molecule has 0 aromatic carbocycles. The maximum Gasteiger partial charge on any atom is 0.263 e. The molecule has 0 aliphatic rings. The van der Waals surface area contributed by atoms with E-state index in [2.05, 4.69) is 26.2 Å². The summed E-state index contributed by atoms with van der Waals surface area (Å²) in [5.74, 6) is 0. The zero-order valence-electron chi connectivity index (χ0n) is 9.11. The minimum Gasteiger partial charge on any atom is -0.395 e. The van der Waals surface area contributed by atoms with Gasteiger partial charge in [-0.2, -0.15) is 4.31 Å². The van der Waals surface area contributed by atoms with E-state index < -0.39 is 10.0 Å². The molecule has 8 nitrogen and oxygen atoms in total. The Morgan fingerprint density at radius 2 is 1.88 bits per heavy atom. The number of aliphatic hydroxyl groups is 2. The van der Waals surface area contributed by atoms with Crippen molar-refractivity contribution in [3.8, 4) is 0 Å². The van der Waals surface area contributed by atoms with Crippen molar-refractivity contribution in [2.75, 3.05) is 26.3 Å². The molecule has 0 unspecified atom stereocenters. The SMILES string of the molecule is Cn1nnc(Br)c1S(=O)(=O)N(CCO)CCO. The molecular formula is C7H13BrN4O4S. The van der Waals surface area contributed by atoms with E-state index in [1.54, 1.807) is 0 Å². The van der Waals surface area contributed by atoms with Gasteiger partial charge in [0.15, 0.2) is 4.60 Å². The van der Waals surface area contributed by atoms with Gasteiger partial charge in [0.05, 0.1) is 13.2 Å². The smallest absolute Gasteiger partial charge is 0.263 e. The number of halogens is 1. The van der Waals surface area contributed by atoms with Gasteiger partial charge in [0, 0.05) is 20.1 Å². The summed E-state index contributed by atoms with van der Waals surface area (Å²) in [6.45, 7) is -0.856. The second-order valence-corrected chi connectivity index (χ2v) is 5.76. The van der Waals surface area contributed by atoms with Crippen molar-refractivity contribution < 1.29 is 18.6 Å². The van der Waals surface area contributed by atoms with Crippen molar-refractivity contribution in [3.05, 3.63) is 4.60 Å². The molecule has 1 aromatic rings. The maximum absolute atomic E-state index is 12.2. The van der Waals surface area contributed by atoms with Gasteiger partial charge in [-0.05, 0) is 15.9 Å². The Labute approximate surface area is 107 Å². The molecule has 1 rings (SSSR count). The first-order valence-electron chi connectivity index (χ1n) is 4.72. The minimum atomic E-state index is -3.84. The molecule has 17 heavy (non-hydrogen) atoms. The van der Waals surface area contributed by atoms with E-state index in [1.165, 1.54) is 7.05 Å². The van der Waals surface area contributed by atoms with Gasteiger partial charge in [0.2, 0.25) is 5.03 Å². The number of nitrogens with zero attached hydrogens (tertiary/aromatic N) is 4. The summed E-state index contributed by atoms with van der Waals surface area (Å²) < 4.78 is 26.6. The van der Waals surface area contributed by atoms with E-state index in [4.69, 9.17) is 10.2 Å². The summed E-state index contributed by atoms with van der Waals surface area (Å²) >= 11 is 3.00. The molecule has 0 saturated heterocycles. The maximum atomic E-state index is 12.2. The lowest BCUT2D eigenvalue weighted by Gasteiger charge is -2.19. The second-order valence-electron chi connectivity index (χ2n) is 3.16. The van der Waals surface area contributed by atoms with Gasteiger partial charge in [0.25, 0.3) is 10.0 Å². The number of aryl methyl sites for hydroxylation is 1. The van der Waals surface area contributed by atoms with Crippen molar-refractivity contribution in [1.82, 2.24) is 19.3 Å². The highest BCUT2D eigenvalue weighted by atomic mass is 79.9. The molecular weight excluding hydrogens is 316 g/mol. The van der Waals surface area contributed by atoms with Crippen LogP contribution in [0.4, 0.5) is 0 Å². The predicted octanol–water partition coefficient (Wildman–Crippen LogP) is -1.45. The van der Waals surface area contributed by atoms with Crippen molar-refractivity contribution in [2.24, 2.45) is 7.05 Å². The molecule has 0 aliphatic carbocycles. The minimum absolute atomic E-state index is 0.0967. The Morgan fingerprint density at radius 3 is 2.24 bits per heavy atom. The number of aliphatic hydroxyl groups excluding tert-OH is 2. The van der Waals surface area contributed by atoms with Crippen molar-refractivity contribution in [1.29, 1.82) is 0 Å². The summed E-state index contributed by atoms with van der Waals surface area (Å²) in [4.78, 5) is 0. The molecule has 0 fully saturated rings. The number of rotatable bonds is 6. The van der Waals surface area contributed by atoms with Gasteiger partial charge in [-0.3, -0.25) is 0 Å². The van der Waals surface area contributed by atoms with Gasteiger partial charge in [0.1, 0.15) is 0 Å². The number of aromatic nitrogens is 3. The third-order valence-corrected chi connectivity index (χ3v) is 4.81. The van der Waals surface area contributed by atoms with E-state index in [0.29, 0.717) is 0 Å². The first-order chi connectivity index (χ1) is 7.95. The Morgan fingerprint density at radius 1 is 1.35 bits per heavy atom. The van der Waals surface area contributed by atoms with Crippen LogP contribution >= 0.6 is 15.9 Å². The molecule has 0 spiro atoms. The predicted molar refractivity (Wildman–Crippen MR) is 61.6 cm³/mol. The molecule has 10 heteroatoms. The normalized spacial score (nSPS) is 12.3. The third kappa shape index (κ3) is 3.01. The number of hydrogen-bond acceptors (Lipinski definition) is 6. The van der Waals surface area contributed by atoms with Crippen molar-refractivity contribution >= 4 is 26.0 Å². The highest BCUT2D eigenvalue weighted by Crippen LogP contribution is 2.21. The van der Waals surface area contributed by atoms with Crippen LogP contribution in [0, 0.1) is 0 Å². The van der Waals surface area contributed by atoms with Crippen LogP contribution in [-0.2, 0) is 17.1 Å². The van der Waals surface area contributed by atoms with Gasteiger partial charge in [-0.1, -0.05) is 5.21 Å². The topological polar surface area (TPSA) is 109 Å². The molecule has 0 atom stereocenters. The van der Waals surface area contributed by atoms with Crippen LogP contribution in [0.25, 0.3) is 0 Å². The Balaban J connectivity index is 3.16. The molecule has 0 saturated carbocycles. The molecule has 0 aliphatic heterocycles. The highest BCUT2D eigenvalue weighted by molar-refractivity contribution is 9.10. The van der Waals surface area contributed by atoms with Crippen LogP contribution in [0.5, 0.6) is 0 Å². The number of sulfonamides is 1. The summed E-state index contributed by atoms with van der Waals surface area (Å²) in [6.07, 6.45) is 0. The molecule has 0 amide bonds. The summed E-state index contributed by atoms with van der Waals surface area (Å²) in [6, 6.07) is 0. The van der Waals surface area contributed by atoms with E-state index in [9.17, 15) is 8.42 Å². The summed E-state index contributed by atoms with van der Waals surface area (Å²) in [7, 11) is -2.39. The largest absolute Gasteiger partial charge is 0.395 e. The second kappa shape index (κ2) is 5.87. The fourth-order valence-corrected chi connectivity index (χ4v) is 3.75. The van der Waals surface area contributed by atoms with E-state index in [1.807, 2.05) is 0 Å². The van der Waals surface area contributed by atoms with Crippen molar-refractivity contribution in [2.45, 2.75) is 5.03 Å². The zero-order valence-corrected chi connectivity index (χ0v) is 11.5. The van der Waals surface area contributed by atoms with Crippen LogP contribution in [0.1, 0.15) is 0 Å². The quantitative estimate of drug-likeness (QED) is 0.661. The molecule has 1 aromatic heterocycles. The average Bonchev–Trinajstić information content (AvgIpc) is 2.58. The molecule has 2 N–H and O–H groups in total. The summed E-state index contributed by atoms with van der Waals surface area (Å²) in [5, 5.41) is 24.7. The van der Waals surface area contributed by atoms with Crippen LogP contribution in [0.15, 0.2) is 9.63 Å². The van der Waals surface area contributed by atoms with Crippen molar-refractivity contribution in [3.63, 3.8) is 0 Å². The third-order valence-electron chi connectivity index (χ3n) is 2.02. The Bertz CT molecular complexity index is 449. The van der Waals surface area contributed by atoms with E-state index >= 15 is 0 Å². The lowest BCUT2D eigenvalue weighted by molar-refractivity contribution is 0.217. The molecule has 0 bridgehead atoms. The number of hydrogen-bond donors (Lipinski definition) is 2. The fourth-order valence-electron chi connectivity index (χ4n) is 1.29. The van der Waals surface area contributed by atoms with Crippen LogP contribution in [-0.4, -0.2) is 64.2 Å². The van der Waals surface area contributed by atoms with E-state index in [-0.39, 0.29) is 35.9 Å². The first-order valence-corrected chi connectivity index (χ1v) is 6.95. The van der Waals surface area contributed by atoms with Crippen LogP contribution < -0.4 is 0 Å². The molecule has 0 radical (unpaired) electrons. The molecule has 98 valence electrons. The standard InChI is InChI=1S/C7H13BrN4O4S/c1-11-7(6(8)9-10-11)17(15,16)12(2-4-13)3-5-14/h13-14H,2-5H2,1H3. The van der Waals surface area contributed by atoms with Gasteiger partial charge in [-0.15, -0.1) is 5.10 Å². The Kier molecular flexibility index (Phi) is 5.01. The van der Waals surface area contributed by atoms with E-state index in [0.717, 1.165) is 8.99 Å². The van der Waals surface area contributed by atoms with Gasteiger partial charge >= 0.3 is 0 Å². The van der Waals surface area contributed by atoms with Gasteiger partial charge in [-0.25, -0.2) is 13.1 Å². The van der Waals surface area contributed by atoms with Crippen LogP contribution in [0.3, 0.4) is 0 Å². The fraction of sp³-hybridized carbons (Fsp3) is 0.714. The monoisotopic (exact) mass is 328 g/mol. The summed E-state index contributed by atoms with van der Waals surface area (Å²) in [5.41, 5.74) is 0.